The van der Waals surface area contributed by atoms with Crippen molar-refractivity contribution < 1.29 is 14.2 Å². The molecule has 2 atom stereocenters. The Morgan fingerprint density at radius 1 is 1.29 bits per heavy atom. The molecule has 3 aliphatic rings. The fraction of sp³-hybridized carbons (Fsp3) is 0.700. The summed E-state index contributed by atoms with van der Waals surface area (Å²) in [6.45, 7) is 7.05. The summed E-state index contributed by atoms with van der Waals surface area (Å²) in [5.74, 6) is 0.969. The van der Waals surface area contributed by atoms with Crippen LogP contribution in [0.2, 0.25) is 0 Å². The lowest BCUT2D eigenvalue weighted by atomic mass is 9.73. The van der Waals surface area contributed by atoms with Gasteiger partial charge in [-0.2, -0.15) is 0 Å². The second kappa shape index (κ2) is 6.66. The minimum Gasteiger partial charge on any atom is -0.497 e. The third-order valence-electron chi connectivity index (χ3n) is 6.30. The van der Waals surface area contributed by atoms with E-state index in [-0.39, 0.29) is 11.5 Å². The predicted octanol–water partition coefficient (Wildman–Crippen LogP) is 3.30. The van der Waals surface area contributed by atoms with E-state index in [1.165, 1.54) is 43.5 Å². The van der Waals surface area contributed by atoms with Crippen LogP contribution in [-0.2, 0) is 14.9 Å². The minimum atomic E-state index is 0.247. The van der Waals surface area contributed by atoms with Gasteiger partial charge in [0.25, 0.3) is 0 Å². The Balaban J connectivity index is 1.57. The first-order valence-electron chi connectivity index (χ1n) is 9.37. The Bertz CT molecular complexity index is 574. The van der Waals surface area contributed by atoms with Crippen LogP contribution in [0.1, 0.15) is 49.8 Å². The molecule has 0 N–H and O–H groups in total. The minimum absolute atomic E-state index is 0.247. The van der Waals surface area contributed by atoms with Crippen molar-refractivity contribution in [3.63, 3.8) is 0 Å². The maximum atomic E-state index is 6.08. The van der Waals surface area contributed by atoms with E-state index in [1.54, 1.807) is 7.11 Å². The normalized spacial score (nSPS) is 29.1. The summed E-state index contributed by atoms with van der Waals surface area (Å²) in [7, 11) is 1.76. The topological polar surface area (TPSA) is 30.9 Å². The maximum absolute atomic E-state index is 6.08. The standard InChI is InChI=1S/C20H29NO3/c1-3-24-19-13-20(18-12-16(22-2)4-5-17(18)19)7-9-21(10-8-20)15-6-11-23-14-15/h4-5,12,15,19H,3,6-11,13-14H2,1-2H3. The van der Waals surface area contributed by atoms with Gasteiger partial charge < -0.3 is 14.2 Å². The molecule has 0 saturated carbocycles. The third kappa shape index (κ3) is 2.75. The smallest absolute Gasteiger partial charge is 0.119 e. The number of hydrogen-bond acceptors (Lipinski definition) is 4. The molecule has 2 fully saturated rings. The van der Waals surface area contributed by atoms with Gasteiger partial charge >= 0.3 is 0 Å². The van der Waals surface area contributed by atoms with E-state index in [1.807, 2.05) is 0 Å². The van der Waals surface area contributed by atoms with E-state index in [0.29, 0.717) is 6.04 Å². The lowest BCUT2D eigenvalue weighted by molar-refractivity contribution is 0.0345. The van der Waals surface area contributed by atoms with E-state index in [9.17, 15) is 0 Å². The summed E-state index contributed by atoms with van der Waals surface area (Å²) in [6.07, 6.45) is 5.00. The number of fused-ring (bicyclic) bond motifs is 2. The molecule has 1 aliphatic carbocycles. The van der Waals surface area contributed by atoms with Crippen molar-refractivity contribution in [3.05, 3.63) is 29.3 Å². The largest absolute Gasteiger partial charge is 0.497 e. The van der Waals surface area contributed by atoms with E-state index in [0.717, 1.165) is 32.0 Å². The fourth-order valence-corrected chi connectivity index (χ4v) is 4.93. The van der Waals surface area contributed by atoms with Crippen molar-refractivity contribution in [2.24, 2.45) is 0 Å². The molecular weight excluding hydrogens is 302 g/mol. The number of benzene rings is 1. The number of ether oxygens (including phenoxy) is 3. The number of nitrogens with zero attached hydrogens (tertiary/aromatic N) is 1. The van der Waals surface area contributed by atoms with Crippen molar-refractivity contribution in [2.75, 3.05) is 40.0 Å². The fourth-order valence-electron chi connectivity index (χ4n) is 4.93. The summed E-state index contributed by atoms with van der Waals surface area (Å²) in [4.78, 5) is 2.64. The highest BCUT2D eigenvalue weighted by molar-refractivity contribution is 5.46. The monoisotopic (exact) mass is 331 g/mol. The Labute approximate surface area is 145 Å². The third-order valence-corrected chi connectivity index (χ3v) is 6.30. The van der Waals surface area contributed by atoms with Gasteiger partial charge in [-0.25, -0.2) is 0 Å². The van der Waals surface area contributed by atoms with E-state index in [2.05, 4.69) is 30.0 Å². The first-order chi connectivity index (χ1) is 11.8. The molecule has 1 aromatic rings. The zero-order valence-electron chi connectivity index (χ0n) is 14.9. The Kier molecular flexibility index (Phi) is 4.54. The summed E-state index contributed by atoms with van der Waals surface area (Å²) in [6, 6.07) is 7.20. The molecule has 2 unspecified atom stereocenters. The number of hydrogen-bond donors (Lipinski definition) is 0. The first kappa shape index (κ1) is 16.4. The molecule has 24 heavy (non-hydrogen) atoms. The number of likely N-dealkylation sites (tertiary alicyclic amines) is 1. The average molecular weight is 331 g/mol. The zero-order valence-corrected chi connectivity index (χ0v) is 14.9. The Morgan fingerprint density at radius 2 is 2.12 bits per heavy atom. The van der Waals surface area contributed by atoms with Gasteiger partial charge in [-0.05, 0) is 69.0 Å². The molecule has 0 radical (unpaired) electrons. The van der Waals surface area contributed by atoms with Gasteiger partial charge in [0.15, 0.2) is 0 Å². The van der Waals surface area contributed by atoms with Gasteiger partial charge in [-0.1, -0.05) is 6.07 Å². The van der Waals surface area contributed by atoms with Crippen LogP contribution >= 0.6 is 0 Å². The molecule has 0 amide bonds. The van der Waals surface area contributed by atoms with E-state index >= 15 is 0 Å². The zero-order chi connectivity index (χ0) is 16.6. The molecule has 1 aromatic carbocycles. The maximum Gasteiger partial charge on any atom is 0.119 e. The summed E-state index contributed by atoms with van der Waals surface area (Å²) in [5.41, 5.74) is 3.12. The van der Waals surface area contributed by atoms with E-state index < -0.39 is 0 Å². The van der Waals surface area contributed by atoms with Crippen LogP contribution in [0.25, 0.3) is 0 Å². The molecule has 1 spiro atoms. The SMILES string of the molecule is CCOC1CC2(CCN(C3CCOC3)CC2)c2cc(OC)ccc21. The highest BCUT2D eigenvalue weighted by Gasteiger charge is 2.46. The second-order valence-corrected chi connectivity index (χ2v) is 7.44. The number of rotatable bonds is 4. The summed E-state index contributed by atoms with van der Waals surface area (Å²) in [5, 5.41) is 0. The molecule has 2 saturated heterocycles. The molecular formula is C20H29NO3. The molecule has 4 heteroatoms. The molecule has 0 aromatic heterocycles. The number of piperidine rings is 1. The lowest BCUT2D eigenvalue weighted by Gasteiger charge is -2.42. The van der Waals surface area contributed by atoms with Crippen LogP contribution in [0, 0.1) is 0 Å². The first-order valence-corrected chi connectivity index (χ1v) is 9.37. The molecule has 2 aliphatic heterocycles. The van der Waals surface area contributed by atoms with Gasteiger partial charge in [0.1, 0.15) is 5.75 Å². The predicted molar refractivity (Wildman–Crippen MR) is 93.7 cm³/mol. The Morgan fingerprint density at radius 3 is 2.79 bits per heavy atom. The van der Waals surface area contributed by atoms with Gasteiger partial charge in [0.2, 0.25) is 0 Å². The molecule has 4 rings (SSSR count). The van der Waals surface area contributed by atoms with Gasteiger partial charge in [-0.3, -0.25) is 4.90 Å². The van der Waals surface area contributed by atoms with Gasteiger partial charge in [0.05, 0.1) is 19.8 Å². The lowest BCUT2D eigenvalue weighted by Crippen LogP contribution is -2.46. The van der Waals surface area contributed by atoms with Crippen LogP contribution in [-0.4, -0.2) is 51.0 Å². The van der Waals surface area contributed by atoms with Crippen molar-refractivity contribution in [3.8, 4) is 5.75 Å². The summed E-state index contributed by atoms with van der Waals surface area (Å²) >= 11 is 0. The van der Waals surface area contributed by atoms with Gasteiger partial charge in [-0.15, -0.1) is 0 Å². The highest BCUT2D eigenvalue weighted by Crippen LogP contribution is 2.53. The van der Waals surface area contributed by atoms with Crippen molar-refractivity contribution in [2.45, 2.75) is 50.2 Å². The number of methoxy groups -OCH3 is 1. The highest BCUT2D eigenvalue weighted by atomic mass is 16.5. The van der Waals surface area contributed by atoms with Crippen LogP contribution in [0.3, 0.4) is 0 Å². The summed E-state index contributed by atoms with van der Waals surface area (Å²) < 4.78 is 17.2. The quantitative estimate of drug-likeness (QED) is 0.847. The van der Waals surface area contributed by atoms with Crippen molar-refractivity contribution in [1.29, 1.82) is 0 Å². The van der Waals surface area contributed by atoms with Crippen LogP contribution in [0.4, 0.5) is 0 Å². The van der Waals surface area contributed by atoms with Crippen LogP contribution in [0.5, 0.6) is 5.75 Å². The average Bonchev–Trinajstić information content (AvgIpc) is 3.24. The molecule has 2 heterocycles. The Hall–Kier alpha value is -1.10. The van der Waals surface area contributed by atoms with Crippen LogP contribution < -0.4 is 4.74 Å². The van der Waals surface area contributed by atoms with Crippen molar-refractivity contribution >= 4 is 0 Å². The molecule has 132 valence electrons. The molecule has 4 nitrogen and oxygen atoms in total. The van der Waals surface area contributed by atoms with E-state index in [4.69, 9.17) is 14.2 Å². The molecule has 0 bridgehead atoms. The second-order valence-electron chi connectivity index (χ2n) is 7.44. The van der Waals surface area contributed by atoms with Gasteiger partial charge in [0, 0.05) is 24.7 Å². The van der Waals surface area contributed by atoms with Crippen molar-refractivity contribution in [1.82, 2.24) is 4.90 Å². The van der Waals surface area contributed by atoms with Crippen LogP contribution in [0.15, 0.2) is 18.2 Å².